The number of benzene rings is 1. The number of hydrogen-bond acceptors (Lipinski definition) is 6. The average molecular weight is 292 g/mol. The van der Waals surface area contributed by atoms with Crippen LogP contribution in [0.25, 0.3) is 0 Å². The highest BCUT2D eigenvalue weighted by Crippen LogP contribution is 2.18. The maximum atomic E-state index is 13.0. The molecule has 9 heteroatoms. The summed E-state index contributed by atoms with van der Waals surface area (Å²) < 4.78 is 42.7. The Morgan fingerprint density at radius 3 is 2.79 bits per heavy atom. The first-order valence-corrected chi connectivity index (χ1v) is 6.57. The van der Waals surface area contributed by atoms with Gasteiger partial charge in [0, 0.05) is 6.54 Å². The molecule has 0 radical (unpaired) electrons. The van der Waals surface area contributed by atoms with E-state index in [9.17, 15) is 22.7 Å². The van der Waals surface area contributed by atoms with Gasteiger partial charge in [-0.2, -0.15) is 0 Å². The van der Waals surface area contributed by atoms with E-state index in [0.29, 0.717) is 0 Å². The average Bonchev–Trinajstić information content (AvgIpc) is 2.37. The molecule has 0 spiro atoms. The summed E-state index contributed by atoms with van der Waals surface area (Å²) in [5, 5.41) is 9.25. The molecule has 0 fully saturated rings. The van der Waals surface area contributed by atoms with Gasteiger partial charge in [0.1, 0.15) is 10.7 Å². The van der Waals surface area contributed by atoms with E-state index in [1.165, 1.54) is 0 Å². The number of hydrogen-bond donors (Lipinski definition) is 3. The molecule has 0 aliphatic rings. The Kier molecular flexibility index (Phi) is 4.81. The van der Waals surface area contributed by atoms with Gasteiger partial charge in [-0.05, 0) is 18.2 Å². The van der Waals surface area contributed by atoms with Crippen LogP contribution < -0.4 is 10.5 Å². The number of methoxy groups -OCH3 is 1. The first-order valence-electron chi connectivity index (χ1n) is 5.08. The Morgan fingerprint density at radius 1 is 1.58 bits per heavy atom. The van der Waals surface area contributed by atoms with Gasteiger partial charge in [-0.15, -0.1) is 0 Å². The summed E-state index contributed by atoms with van der Waals surface area (Å²) in [6.07, 6.45) is -1.66. The lowest BCUT2D eigenvalue weighted by molar-refractivity contribution is -0.149. The monoisotopic (exact) mass is 292 g/mol. The standard InChI is InChI=1S/C10H13FN2O5S/c1-18-10(15)8(14)5-13-19(16,17)9-4-6(11)2-3-7(9)12/h2-4,8,13-14H,5,12H2,1H3. The Labute approximate surface area is 109 Å². The number of sulfonamides is 1. The van der Waals surface area contributed by atoms with E-state index < -0.39 is 39.4 Å². The minimum Gasteiger partial charge on any atom is -0.467 e. The van der Waals surface area contributed by atoms with Gasteiger partial charge in [0.05, 0.1) is 12.8 Å². The highest BCUT2D eigenvalue weighted by molar-refractivity contribution is 7.89. The predicted octanol–water partition coefficient (Wildman–Crippen LogP) is -0.780. The number of halogens is 1. The van der Waals surface area contributed by atoms with Crippen LogP contribution in [-0.4, -0.2) is 39.3 Å². The van der Waals surface area contributed by atoms with E-state index in [2.05, 4.69) is 4.74 Å². The van der Waals surface area contributed by atoms with E-state index in [1.54, 1.807) is 0 Å². The molecular weight excluding hydrogens is 279 g/mol. The Balaban J connectivity index is 2.87. The maximum Gasteiger partial charge on any atom is 0.336 e. The molecule has 0 saturated heterocycles. The summed E-state index contributed by atoms with van der Waals surface area (Å²) in [5.41, 5.74) is 5.28. The van der Waals surface area contributed by atoms with Crippen LogP contribution >= 0.6 is 0 Å². The van der Waals surface area contributed by atoms with E-state index in [0.717, 1.165) is 25.3 Å². The van der Waals surface area contributed by atoms with Crippen molar-refractivity contribution in [3.8, 4) is 0 Å². The van der Waals surface area contributed by atoms with Gasteiger partial charge in [-0.3, -0.25) is 0 Å². The van der Waals surface area contributed by atoms with Crippen LogP contribution in [0.3, 0.4) is 0 Å². The van der Waals surface area contributed by atoms with Gasteiger partial charge in [0.25, 0.3) is 0 Å². The topological polar surface area (TPSA) is 119 Å². The number of nitrogen functional groups attached to an aromatic ring is 1. The molecule has 1 aromatic carbocycles. The smallest absolute Gasteiger partial charge is 0.336 e. The van der Waals surface area contributed by atoms with Gasteiger partial charge in [-0.25, -0.2) is 22.3 Å². The number of nitrogens with one attached hydrogen (secondary N) is 1. The molecule has 19 heavy (non-hydrogen) atoms. The van der Waals surface area contributed by atoms with Gasteiger partial charge in [-0.1, -0.05) is 0 Å². The van der Waals surface area contributed by atoms with Crippen LogP contribution in [0.4, 0.5) is 10.1 Å². The van der Waals surface area contributed by atoms with Crippen molar-refractivity contribution < 1.29 is 27.4 Å². The molecule has 7 nitrogen and oxygen atoms in total. The Hall–Kier alpha value is -1.71. The van der Waals surface area contributed by atoms with Crippen molar-refractivity contribution in [3.05, 3.63) is 24.0 Å². The number of rotatable bonds is 5. The van der Waals surface area contributed by atoms with Crippen molar-refractivity contribution in [1.82, 2.24) is 4.72 Å². The third kappa shape index (κ3) is 3.88. The molecule has 106 valence electrons. The van der Waals surface area contributed by atoms with Crippen molar-refractivity contribution in [2.45, 2.75) is 11.0 Å². The summed E-state index contributed by atoms with van der Waals surface area (Å²) in [7, 11) is -3.09. The van der Waals surface area contributed by atoms with Crippen LogP contribution in [0.15, 0.2) is 23.1 Å². The quantitative estimate of drug-likeness (QED) is 0.484. The van der Waals surface area contributed by atoms with Crippen molar-refractivity contribution in [3.63, 3.8) is 0 Å². The number of aliphatic hydroxyl groups is 1. The molecule has 0 aliphatic heterocycles. The molecular formula is C10H13FN2O5S. The summed E-state index contributed by atoms with van der Waals surface area (Å²) in [5.74, 6) is -1.77. The van der Waals surface area contributed by atoms with Crippen molar-refractivity contribution in [1.29, 1.82) is 0 Å². The van der Waals surface area contributed by atoms with E-state index in [-0.39, 0.29) is 5.69 Å². The number of carbonyl (C=O) groups excluding carboxylic acids is 1. The number of anilines is 1. The molecule has 0 aliphatic carbocycles. The fourth-order valence-corrected chi connectivity index (χ4v) is 2.41. The molecule has 0 bridgehead atoms. The van der Waals surface area contributed by atoms with Crippen LogP contribution in [0.1, 0.15) is 0 Å². The number of nitrogens with two attached hydrogens (primary N) is 1. The van der Waals surface area contributed by atoms with Gasteiger partial charge in [0.2, 0.25) is 10.0 Å². The molecule has 1 aromatic rings. The van der Waals surface area contributed by atoms with Crippen molar-refractivity contribution in [2.75, 3.05) is 19.4 Å². The summed E-state index contributed by atoms with van der Waals surface area (Å²) >= 11 is 0. The SMILES string of the molecule is COC(=O)C(O)CNS(=O)(=O)c1cc(F)ccc1N. The molecule has 1 unspecified atom stereocenters. The van der Waals surface area contributed by atoms with E-state index in [4.69, 9.17) is 5.73 Å². The minimum absolute atomic E-state index is 0.151. The zero-order valence-corrected chi connectivity index (χ0v) is 10.8. The second kappa shape index (κ2) is 5.95. The Bertz CT molecular complexity index is 575. The van der Waals surface area contributed by atoms with Crippen LogP contribution in [0.2, 0.25) is 0 Å². The lowest BCUT2D eigenvalue weighted by Gasteiger charge is -2.11. The first kappa shape index (κ1) is 15.3. The summed E-state index contributed by atoms with van der Waals surface area (Å²) in [6.45, 7) is -0.606. The highest BCUT2D eigenvalue weighted by atomic mass is 32.2. The van der Waals surface area contributed by atoms with Crippen LogP contribution in [0.5, 0.6) is 0 Å². The molecule has 4 N–H and O–H groups in total. The lowest BCUT2D eigenvalue weighted by atomic mass is 10.3. The lowest BCUT2D eigenvalue weighted by Crippen LogP contribution is -2.37. The van der Waals surface area contributed by atoms with Gasteiger partial charge < -0.3 is 15.6 Å². The number of ether oxygens (including phenoxy) is 1. The third-order valence-electron chi connectivity index (χ3n) is 2.21. The molecule has 0 amide bonds. The molecule has 0 saturated carbocycles. The zero-order valence-electron chi connectivity index (χ0n) is 9.96. The normalized spacial score (nSPS) is 13.0. The van der Waals surface area contributed by atoms with Gasteiger partial charge >= 0.3 is 5.97 Å². The van der Waals surface area contributed by atoms with E-state index >= 15 is 0 Å². The second-order valence-corrected chi connectivity index (χ2v) is 5.31. The third-order valence-corrected chi connectivity index (χ3v) is 3.68. The van der Waals surface area contributed by atoms with Crippen LogP contribution in [0, 0.1) is 5.82 Å². The highest BCUT2D eigenvalue weighted by Gasteiger charge is 2.22. The first-order chi connectivity index (χ1) is 8.77. The van der Waals surface area contributed by atoms with E-state index in [1.807, 2.05) is 4.72 Å². The van der Waals surface area contributed by atoms with Crippen molar-refractivity contribution >= 4 is 21.7 Å². The van der Waals surface area contributed by atoms with Crippen LogP contribution in [-0.2, 0) is 19.6 Å². The summed E-state index contributed by atoms with van der Waals surface area (Å²) in [6, 6.07) is 2.85. The summed E-state index contributed by atoms with van der Waals surface area (Å²) in [4.78, 5) is 10.4. The fraction of sp³-hybridized carbons (Fsp3) is 0.300. The Morgan fingerprint density at radius 2 is 2.21 bits per heavy atom. The zero-order chi connectivity index (χ0) is 14.6. The number of esters is 1. The number of aliphatic hydroxyl groups excluding tert-OH is 1. The van der Waals surface area contributed by atoms with Gasteiger partial charge in [0.15, 0.2) is 6.10 Å². The number of carbonyl (C=O) groups is 1. The molecule has 1 atom stereocenters. The van der Waals surface area contributed by atoms with Crippen molar-refractivity contribution in [2.24, 2.45) is 0 Å². The maximum absolute atomic E-state index is 13.0. The molecule has 0 aromatic heterocycles. The largest absolute Gasteiger partial charge is 0.467 e. The molecule has 0 heterocycles. The predicted molar refractivity (Wildman–Crippen MR) is 64.0 cm³/mol. The second-order valence-electron chi connectivity index (χ2n) is 3.57. The fourth-order valence-electron chi connectivity index (χ4n) is 1.23. The minimum atomic E-state index is -4.13. The molecule has 1 rings (SSSR count).